The minimum Gasteiger partial charge on any atom is -0.395 e. The molecule has 4 heterocycles. The van der Waals surface area contributed by atoms with Gasteiger partial charge in [-0.1, -0.05) is 28.6 Å². The maximum absolute atomic E-state index is 17.0. The number of hydrazine groups is 2. The zero-order valence-corrected chi connectivity index (χ0v) is 23.9. The fourth-order valence-corrected chi connectivity index (χ4v) is 6.72. The molecule has 4 unspecified atom stereocenters. The first-order valence-electron chi connectivity index (χ1n) is 14.1. The van der Waals surface area contributed by atoms with Crippen molar-refractivity contribution in [2.75, 3.05) is 52.6 Å². The minimum atomic E-state index is -4.83. The van der Waals surface area contributed by atoms with Crippen LogP contribution in [0.5, 0.6) is 0 Å². The summed E-state index contributed by atoms with van der Waals surface area (Å²) in [6.07, 6.45) is 4.45. The van der Waals surface area contributed by atoms with Crippen LogP contribution < -0.4 is 5.14 Å². The van der Waals surface area contributed by atoms with Crippen molar-refractivity contribution < 1.29 is 36.9 Å². The molecule has 2 fully saturated rings. The molecule has 4 aliphatic rings. The third kappa shape index (κ3) is 5.99. The molecule has 2 saturated heterocycles. The van der Waals surface area contributed by atoms with E-state index in [9.17, 15) is 18.6 Å². The van der Waals surface area contributed by atoms with Gasteiger partial charge in [-0.2, -0.15) is 8.78 Å². The van der Waals surface area contributed by atoms with Crippen LogP contribution in [-0.4, -0.2) is 104 Å². The Kier molecular flexibility index (Phi) is 9.33. The topological polar surface area (TPSA) is 181 Å². The van der Waals surface area contributed by atoms with E-state index in [-0.39, 0.29) is 38.4 Å². The van der Waals surface area contributed by atoms with Crippen LogP contribution in [0.1, 0.15) is 49.7 Å². The zero-order valence-electron chi connectivity index (χ0n) is 23.1. The molecule has 42 heavy (non-hydrogen) atoms. The molecule has 0 bridgehead atoms. The van der Waals surface area contributed by atoms with E-state index >= 15 is 8.78 Å². The van der Waals surface area contributed by atoms with Crippen molar-refractivity contribution in [3.05, 3.63) is 29.3 Å². The molecule has 0 spiro atoms. The standard InChI is InChI=1S/C24H37F2N9O6S/c25-23(28-30-34(32(23)10-12-36)16-18-6-1-3-14-40-18)20-8-5-9-21(22(20)42(27,38)39)24(26)29-31-35(33(24)11-13-37)17-19-7-2-4-15-41-19/h5,8-9,18-19,36-37H,1-4,6-7,10-17H2,(H2,27,38,39). The number of nitrogens with two attached hydrogens (primary N) is 1. The Bertz CT molecular complexity index is 1190. The van der Waals surface area contributed by atoms with Gasteiger partial charge in [0.15, 0.2) is 0 Å². The Morgan fingerprint density at radius 1 is 0.857 bits per heavy atom. The lowest BCUT2D eigenvalue weighted by Crippen LogP contribution is -2.52. The van der Waals surface area contributed by atoms with Gasteiger partial charge < -0.3 is 19.7 Å². The van der Waals surface area contributed by atoms with E-state index in [0.29, 0.717) is 26.1 Å². The first-order chi connectivity index (χ1) is 20.1. The second kappa shape index (κ2) is 12.7. The monoisotopic (exact) mass is 617 g/mol. The predicted molar refractivity (Wildman–Crippen MR) is 141 cm³/mol. The van der Waals surface area contributed by atoms with Gasteiger partial charge in [-0.15, -0.1) is 20.2 Å². The number of alkyl halides is 2. The maximum Gasteiger partial charge on any atom is 0.322 e. The van der Waals surface area contributed by atoms with Crippen molar-refractivity contribution in [2.24, 2.45) is 25.8 Å². The molecule has 0 radical (unpaired) electrons. The van der Waals surface area contributed by atoms with Gasteiger partial charge in [-0.3, -0.25) is 0 Å². The summed E-state index contributed by atoms with van der Waals surface area (Å²) in [6.45, 7) is -0.412. The van der Waals surface area contributed by atoms with Gasteiger partial charge in [0, 0.05) is 26.3 Å². The summed E-state index contributed by atoms with van der Waals surface area (Å²) < 4.78 is 71.7. The zero-order chi connectivity index (χ0) is 30.0. The Labute approximate surface area is 242 Å². The molecule has 4 atom stereocenters. The van der Waals surface area contributed by atoms with Gasteiger partial charge >= 0.3 is 11.8 Å². The summed E-state index contributed by atoms with van der Waals surface area (Å²) in [6, 6.07) is 3.49. The number of primary sulfonamides is 1. The van der Waals surface area contributed by atoms with E-state index in [4.69, 9.17) is 14.6 Å². The number of β-amino-alcohol motifs (C(OH)–C–C–N with tert-alkyl or cyclic N) is 2. The highest BCUT2D eigenvalue weighted by Gasteiger charge is 2.55. The number of nitrogens with zero attached hydrogens (tertiary/aromatic N) is 8. The highest BCUT2D eigenvalue weighted by molar-refractivity contribution is 7.89. The van der Waals surface area contributed by atoms with Crippen LogP contribution in [0.3, 0.4) is 0 Å². The van der Waals surface area contributed by atoms with Gasteiger partial charge in [0.25, 0.3) is 0 Å². The smallest absolute Gasteiger partial charge is 0.322 e. The molecule has 4 aliphatic heterocycles. The molecule has 234 valence electrons. The molecule has 0 aliphatic carbocycles. The summed E-state index contributed by atoms with van der Waals surface area (Å²) in [4.78, 5) is -0.898. The molecular formula is C24H37F2N9O6S. The number of halogens is 2. The van der Waals surface area contributed by atoms with Gasteiger partial charge in [-0.25, -0.2) is 23.8 Å². The fraction of sp³-hybridized carbons (Fsp3) is 0.750. The van der Waals surface area contributed by atoms with E-state index in [1.54, 1.807) is 0 Å². The van der Waals surface area contributed by atoms with Crippen molar-refractivity contribution in [1.29, 1.82) is 0 Å². The molecular weight excluding hydrogens is 580 g/mol. The lowest BCUT2D eigenvalue weighted by atomic mass is 10.0. The number of rotatable bonds is 11. The molecule has 1 aromatic rings. The predicted octanol–water partition coefficient (Wildman–Crippen LogP) is 1.42. The molecule has 0 aromatic heterocycles. The first-order valence-corrected chi connectivity index (χ1v) is 15.6. The molecule has 1 aromatic carbocycles. The van der Waals surface area contributed by atoms with Crippen molar-refractivity contribution in [3.8, 4) is 0 Å². The lowest BCUT2D eigenvalue weighted by Gasteiger charge is -2.37. The van der Waals surface area contributed by atoms with E-state index in [0.717, 1.165) is 47.8 Å². The van der Waals surface area contributed by atoms with Crippen molar-refractivity contribution in [1.82, 2.24) is 20.3 Å². The van der Waals surface area contributed by atoms with Crippen LogP contribution in [-0.2, 0) is 31.3 Å². The molecule has 15 nitrogen and oxygen atoms in total. The SMILES string of the molecule is NS(=O)(=O)c1c(C2(F)N=NN(CC3CCCCO3)N2CCO)cccc1C1(F)N=NN(CC2CCCCO2)N1CCO. The van der Waals surface area contributed by atoms with Gasteiger partial charge in [0.2, 0.25) is 10.0 Å². The van der Waals surface area contributed by atoms with Gasteiger partial charge in [-0.05, 0) is 38.5 Å². The number of hydrogen-bond acceptors (Lipinski definition) is 14. The molecule has 18 heteroatoms. The van der Waals surface area contributed by atoms with Crippen molar-refractivity contribution in [2.45, 2.75) is 67.5 Å². The quantitative estimate of drug-likeness (QED) is 0.307. The molecule has 4 N–H and O–H groups in total. The van der Waals surface area contributed by atoms with Crippen LogP contribution >= 0.6 is 0 Å². The number of benzene rings is 1. The first kappa shape index (κ1) is 31.0. The van der Waals surface area contributed by atoms with Crippen LogP contribution in [0.15, 0.2) is 43.8 Å². The average Bonchev–Trinajstić information content (AvgIpc) is 3.46. The van der Waals surface area contributed by atoms with Crippen LogP contribution in [0.4, 0.5) is 8.78 Å². The van der Waals surface area contributed by atoms with Crippen LogP contribution in [0, 0.1) is 0 Å². The molecule has 0 saturated carbocycles. The van der Waals surface area contributed by atoms with Gasteiger partial charge in [0.05, 0.1) is 49.6 Å². The van der Waals surface area contributed by atoms with E-state index in [1.807, 2.05) is 0 Å². The third-order valence-electron chi connectivity index (χ3n) is 7.69. The van der Waals surface area contributed by atoms with E-state index in [2.05, 4.69) is 20.7 Å². The summed E-state index contributed by atoms with van der Waals surface area (Å²) in [7, 11) is -4.83. The number of hydrogen-bond donors (Lipinski definition) is 3. The normalized spacial score (nSPS) is 31.0. The molecule has 5 rings (SSSR count). The number of aliphatic hydroxyl groups excluding tert-OH is 2. The van der Waals surface area contributed by atoms with E-state index in [1.165, 1.54) is 16.3 Å². The summed E-state index contributed by atoms with van der Waals surface area (Å²) in [5, 5.41) is 44.8. The summed E-state index contributed by atoms with van der Waals surface area (Å²) >= 11 is 0. The van der Waals surface area contributed by atoms with Crippen LogP contribution in [0.2, 0.25) is 0 Å². The van der Waals surface area contributed by atoms with Crippen molar-refractivity contribution >= 4 is 10.0 Å². The Balaban J connectivity index is 1.53. The number of ether oxygens (including phenoxy) is 2. The lowest BCUT2D eigenvalue weighted by molar-refractivity contribution is -0.162. The highest BCUT2D eigenvalue weighted by Crippen LogP contribution is 2.47. The fourth-order valence-electron chi connectivity index (χ4n) is 5.71. The number of sulfonamides is 1. The molecule has 0 amide bonds. The van der Waals surface area contributed by atoms with Gasteiger partial charge in [0.1, 0.15) is 4.90 Å². The Morgan fingerprint density at radius 3 is 1.67 bits per heavy atom. The van der Waals surface area contributed by atoms with E-state index < -0.39 is 51.1 Å². The summed E-state index contributed by atoms with van der Waals surface area (Å²) in [5.74, 6) is -5.95. The second-order valence-electron chi connectivity index (χ2n) is 10.6. The van der Waals surface area contributed by atoms with Crippen LogP contribution in [0.25, 0.3) is 0 Å². The second-order valence-corrected chi connectivity index (χ2v) is 12.1. The Hall–Kier alpha value is -2.45. The summed E-state index contributed by atoms with van der Waals surface area (Å²) in [5.41, 5.74) is -1.23. The Morgan fingerprint density at radius 2 is 1.31 bits per heavy atom. The average molecular weight is 618 g/mol. The van der Waals surface area contributed by atoms with Crippen molar-refractivity contribution in [3.63, 3.8) is 0 Å². The largest absolute Gasteiger partial charge is 0.395 e. The number of aliphatic hydroxyl groups is 2. The highest BCUT2D eigenvalue weighted by atomic mass is 32.2. The third-order valence-corrected chi connectivity index (χ3v) is 8.70. The minimum absolute atomic E-state index is 0.101. The maximum atomic E-state index is 17.0.